The lowest BCUT2D eigenvalue weighted by molar-refractivity contribution is -0.143. The molecule has 4 heterocycles. The minimum Gasteiger partial charge on any atom is -0.396 e. The van der Waals surface area contributed by atoms with Crippen LogP contribution in [0.25, 0.3) is 0 Å². The molecule has 4 aliphatic rings. The van der Waals surface area contributed by atoms with Crippen molar-refractivity contribution in [1.29, 1.82) is 0 Å². The Balaban J connectivity index is 1.26. The number of aliphatic hydroxyl groups excluding tert-OH is 1. The molecule has 0 spiro atoms. The van der Waals surface area contributed by atoms with E-state index in [4.69, 9.17) is 23.7 Å². The van der Waals surface area contributed by atoms with E-state index in [0.717, 1.165) is 49.7 Å². The largest absolute Gasteiger partial charge is 0.396 e. The van der Waals surface area contributed by atoms with Gasteiger partial charge in [0.2, 0.25) is 0 Å². The van der Waals surface area contributed by atoms with Gasteiger partial charge in [0, 0.05) is 25.4 Å². The molecule has 8 nitrogen and oxygen atoms in total. The molecule has 0 amide bonds. The van der Waals surface area contributed by atoms with Gasteiger partial charge in [-0.2, -0.15) is 0 Å². The number of sulfone groups is 1. The summed E-state index contributed by atoms with van der Waals surface area (Å²) in [5.41, 5.74) is 2.18. The van der Waals surface area contributed by atoms with Crippen molar-refractivity contribution in [2.24, 2.45) is 17.8 Å². The molecule has 4 fully saturated rings. The number of ether oxygens (including phenoxy) is 5. The molecule has 5 rings (SSSR count). The van der Waals surface area contributed by atoms with E-state index in [1.165, 1.54) is 0 Å². The summed E-state index contributed by atoms with van der Waals surface area (Å²) in [4.78, 5) is 0.343. The molecular formula is C36H54O8S. The van der Waals surface area contributed by atoms with E-state index in [1.54, 1.807) is 24.3 Å². The Hall–Kier alpha value is -1.59. The Bertz CT molecular complexity index is 1260. The molecular weight excluding hydrogens is 592 g/mol. The Kier molecular flexibility index (Phi) is 11.3. The van der Waals surface area contributed by atoms with Gasteiger partial charge >= 0.3 is 0 Å². The van der Waals surface area contributed by atoms with Gasteiger partial charge in [-0.25, -0.2) is 8.42 Å². The van der Waals surface area contributed by atoms with Gasteiger partial charge in [-0.05, 0) is 87.5 Å². The van der Waals surface area contributed by atoms with Gasteiger partial charge in [0.1, 0.15) is 0 Å². The van der Waals surface area contributed by atoms with Gasteiger partial charge in [0.25, 0.3) is 0 Å². The predicted octanol–water partition coefficient (Wildman–Crippen LogP) is 6.03. The summed E-state index contributed by atoms with van der Waals surface area (Å²) in [6.07, 6.45) is 5.73. The molecule has 1 unspecified atom stereocenters. The van der Waals surface area contributed by atoms with Crippen LogP contribution in [0.3, 0.4) is 0 Å². The lowest BCUT2D eigenvalue weighted by atomic mass is 9.82. The van der Waals surface area contributed by atoms with Crippen molar-refractivity contribution in [1.82, 2.24) is 0 Å². The van der Waals surface area contributed by atoms with E-state index in [-0.39, 0.29) is 72.8 Å². The number of benzene rings is 1. The third-order valence-corrected chi connectivity index (χ3v) is 12.2. The van der Waals surface area contributed by atoms with Crippen LogP contribution in [0.5, 0.6) is 0 Å². The summed E-state index contributed by atoms with van der Waals surface area (Å²) >= 11 is 0. The van der Waals surface area contributed by atoms with E-state index >= 15 is 0 Å². The average molecular weight is 647 g/mol. The summed E-state index contributed by atoms with van der Waals surface area (Å²) in [5, 5.41) is 9.19. The fraction of sp³-hybridized carbons (Fsp3) is 0.722. The van der Waals surface area contributed by atoms with Crippen LogP contribution < -0.4 is 0 Å². The van der Waals surface area contributed by atoms with Gasteiger partial charge in [-0.15, -0.1) is 0 Å². The predicted molar refractivity (Wildman–Crippen MR) is 174 cm³/mol. The third-order valence-electron chi connectivity index (χ3n) is 10.4. The quantitative estimate of drug-likeness (QED) is 0.260. The average Bonchev–Trinajstić information content (AvgIpc) is 3.63. The molecule has 4 saturated heterocycles. The van der Waals surface area contributed by atoms with Crippen LogP contribution in [-0.2, 0) is 33.5 Å². The third kappa shape index (κ3) is 8.66. The lowest BCUT2D eigenvalue weighted by Crippen LogP contribution is -2.38. The monoisotopic (exact) mass is 646 g/mol. The van der Waals surface area contributed by atoms with E-state index < -0.39 is 15.6 Å². The lowest BCUT2D eigenvalue weighted by Gasteiger charge is -2.38. The highest BCUT2D eigenvalue weighted by molar-refractivity contribution is 7.91. The fourth-order valence-corrected chi connectivity index (χ4v) is 9.47. The van der Waals surface area contributed by atoms with Gasteiger partial charge in [0.15, 0.2) is 15.6 Å². The highest BCUT2D eigenvalue weighted by Crippen LogP contribution is 2.43. The molecule has 45 heavy (non-hydrogen) atoms. The topological polar surface area (TPSA) is 101 Å². The van der Waals surface area contributed by atoms with Gasteiger partial charge < -0.3 is 28.8 Å². The molecule has 0 bridgehead atoms. The zero-order chi connectivity index (χ0) is 32.4. The maximum atomic E-state index is 13.6. The Labute approximate surface area is 270 Å². The van der Waals surface area contributed by atoms with Crippen LogP contribution in [0.2, 0.25) is 0 Å². The zero-order valence-corrected chi connectivity index (χ0v) is 28.4. The number of hydrogen-bond donors (Lipinski definition) is 1. The van der Waals surface area contributed by atoms with Crippen LogP contribution in [-0.4, -0.2) is 81.0 Å². The molecule has 1 aromatic rings. The molecule has 1 aromatic carbocycles. The standard InChI is InChI=1S/C36H54O8S/c1-23-17-28(14-15-32-24(2)18-27(41-32)11-10-16-37)42-34(25(23)3)20-35-31(22-45(38,39)30-12-8-7-9-13-30)26(4)33(43-35)19-29-21-40-36(5,6)44-29/h7-9,12-13,23,26-29,31-35,37H,2-3,10-11,14-22H2,1,4-6H3/t23-,26-,27+,28+,29+,31-,32?,33-,34-,35+/m1/s1. The van der Waals surface area contributed by atoms with Gasteiger partial charge in [-0.1, -0.05) is 45.2 Å². The minimum absolute atomic E-state index is 0.00943. The van der Waals surface area contributed by atoms with Crippen molar-refractivity contribution in [3.05, 3.63) is 54.6 Å². The van der Waals surface area contributed by atoms with Crippen molar-refractivity contribution >= 4 is 9.84 Å². The number of aliphatic hydroxyl groups is 1. The summed E-state index contributed by atoms with van der Waals surface area (Å²) in [6, 6.07) is 8.71. The number of rotatable bonds is 13. The molecule has 0 aliphatic carbocycles. The van der Waals surface area contributed by atoms with Gasteiger partial charge in [0.05, 0.1) is 60.0 Å². The highest BCUT2D eigenvalue weighted by atomic mass is 32.2. The summed E-state index contributed by atoms with van der Waals surface area (Å²) in [5.74, 6) is -0.518. The molecule has 252 valence electrons. The molecule has 9 heteroatoms. The highest BCUT2D eigenvalue weighted by Gasteiger charge is 2.48. The van der Waals surface area contributed by atoms with E-state index in [1.807, 2.05) is 19.9 Å². The first kappa shape index (κ1) is 34.7. The maximum Gasteiger partial charge on any atom is 0.178 e. The normalized spacial score (nSPS) is 37.0. The summed E-state index contributed by atoms with van der Waals surface area (Å²) in [7, 11) is -3.52. The maximum absolute atomic E-state index is 13.6. The van der Waals surface area contributed by atoms with Crippen molar-refractivity contribution in [2.45, 2.75) is 132 Å². The van der Waals surface area contributed by atoms with E-state index in [2.05, 4.69) is 27.0 Å². The second kappa shape index (κ2) is 14.7. The molecule has 0 aromatic heterocycles. The SMILES string of the molecule is C=C1C[C@H](CCCO)OC1CC[C@H]1C[C@@H](C)C(=C)[C@@H](C[C@@H]2O[C@H](C[C@H]3COC(C)(C)O3)[C@H](C)[C@H]2CS(=O)(=O)c2ccccc2)O1. The second-order valence-corrected chi connectivity index (χ2v) is 16.3. The molecule has 1 N–H and O–H groups in total. The summed E-state index contributed by atoms with van der Waals surface area (Å²) < 4.78 is 58.9. The Morgan fingerprint density at radius 3 is 2.33 bits per heavy atom. The Morgan fingerprint density at radius 1 is 0.911 bits per heavy atom. The van der Waals surface area contributed by atoms with Crippen LogP contribution in [0.4, 0.5) is 0 Å². The van der Waals surface area contributed by atoms with Crippen molar-refractivity contribution in [2.75, 3.05) is 19.0 Å². The van der Waals surface area contributed by atoms with Crippen LogP contribution in [0.1, 0.15) is 79.1 Å². The Morgan fingerprint density at radius 2 is 1.64 bits per heavy atom. The van der Waals surface area contributed by atoms with Crippen LogP contribution in [0, 0.1) is 17.8 Å². The molecule has 0 saturated carbocycles. The van der Waals surface area contributed by atoms with Crippen LogP contribution >= 0.6 is 0 Å². The molecule has 10 atom stereocenters. The minimum atomic E-state index is -3.52. The first-order valence-corrected chi connectivity index (χ1v) is 18.5. The molecule has 0 radical (unpaired) electrons. The fourth-order valence-electron chi connectivity index (χ4n) is 7.68. The first-order valence-electron chi connectivity index (χ1n) is 16.9. The zero-order valence-electron chi connectivity index (χ0n) is 27.6. The van der Waals surface area contributed by atoms with E-state index in [0.29, 0.717) is 24.3 Å². The van der Waals surface area contributed by atoms with Crippen molar-refractivity contribution in [3.63, 3.8) is 0 Å². The first-order chi connectivity index (χ1) is 21.3. The van der Waals surface area contributed by atoms with Gasteiger partial charge in [-0.3, -0.25) is 0 Å². The number of hydrogen-bond acceptors (Lipinski definition) is 8. The smallest absolute Gasteiger partial charge is 0.178 e. The van der Waals surface area contributed by atoms with Crippen molar-refractivity contribution in [3.8, 4) is 0 Å². The van der Waals surface area contributed by atoms with E-state index in [9.17, 15) is 13.5 Å². The van der Waals surface area contributed by atoms with Crippen molar-refractivity contribution < 1.29 is 37.2 Å². The summed E-state index contributed by atoms with van der Waals surface area (Å²) in [6.45, 7) is 17.5. The second-order valence-electron chi connectivity index (χ2n) is 14.3. The van der Waals surface area contributed by atoms with Crippen LogP contribution in [0.15, 0.2) is 59.5 Å². The molecule has 4 aliphatic heterocycles.